The first kappa shape index (κ1) is 17.7. The van der Waals surface area contributed by atoms with Crippen LogP contribution < -0.4 is 16.6 Å². The van der Waals surface area contributed by atoms with Crippen molar-refractivity contribution >= 4 is 22.6 Å². The fourth-order valence-corrected chi connectivity index (χ4v) is 3.08. The monoisotopic (exact) mass is 378 g/mol. The molecule has 4 heterocycles. The minimum atomic E-state index is -0.491. The summed E-state index contributed by atoms with van der Waals surface area (Å²) < 4.78 is 4.19. The van der Waals surface area contributed by atoms with E-state index in [0.29, 0.717) is 13.0 Å². The molecule has 4 aromatic rings. The zero-order chi connectivity index (χ0) is 19.8. The van der Waals surface area contributed by atoms with Gasteiger partial charge < -0.3 is 9.72 Å². The van der Waals surface area contributed by atoms with Crippen molar-refractivity contribution in [1.29, 1.82) is 0 Å². The largest absolute Gasteiger partial charge is 0.350 e. The minimum Gasteiger partial charge on any atom is -0.350 e. The number of nitrogens with zero attached hydrogens (tertiary/aromatic N) is 5. The van der Waals surface area contributed by atoms with Crippen molar-refractivity contribution < 1.29 is 4.79 Å². The van der Waals surface area contributed by atoms with E-state index in [0.717, 1.165) is 15.9 Å². The van der Waals surface area contributed by atoms with Crippen molar-refractivity contribution in [3.63, 3.8) is 0 Å². The number of hydrogen-bond donors (Lipinski definition) is 1. The number of aryl methyl sites for hydroxylation is 1. The van der Waals surface area contributed by atoms with Gasteiger partial charge >= 0.3 is 5.69 Å². The third-order valence-electron chi connectivity index (χ3n) is 4.61. The predicted molar refractivity (Wildman–Crippen MR) is 103 cm³/mol. The quantitative estimate of drug-likeness (QED) is 0.548. The lowest BCUT2D eigenvalue weighted by Crippen LogP contribution is -2.37. The average Bonchev–Trinajstić information content (AvgIpc) is 3.13. The summed E-state index contributed by atoms with van der Waals surface area (Å²) in [5, 5.41) is 3.08. The maximum atomic E-state index is 12.4. The number of carbonyl (C=O) groups is 1. The molecule has 9 heteroatoms. The highest BCUT2D eigenvalue weighted by molar-refractivity contribution is 5.94. The lowest BCUT2D eigenvalue weighted by molar-refractivity contribution is 0.0949. The maximum Gasteiger partial charge on any atom is 0.332 e. The van der Waals surface area contributed by atoms with Crippen LogP contribution in [0.15, 0.2) is 52.3 Å². The molecule has 0 unspecified atom stereocenters. The zero-order valence-electron chi connectivity index (χ0n) is 15.4. The van der Waals surface area contributed by atoms with Crippen molar-refractivity contribution in [2.45, 2.75) is 6.42 Å². The molecule has 0 spiro atoms. The topological polar surface area (TPSA) is 103 Å². The van der Waals surface area contributed by atoms with E-state index in [1.54, 1.807) is 0 Å². The molecular formula is C19H18N6O3. The van der Waals surface area contributed by atoms with Gasteiger partial charge in [-0.15, -0.1) is 0 Å². The van der Waals surface area contributed by atoms with Gasteiger partial charge in [-0.05, 0) is 24.3 Å². The Morgan fingerprint density at radius 2 is 1.89 bits per heavy atom. The van der Waals surface area contributed by atoms with E-state index in [4.69, 9.17) is 0 Å². The molecule has 0 aliphatic heterocycles. The molecule has 0 aliphatic rings. The van der Waals surface area contributed by atoms with Gasteiger partial charge in [0.2, 0.25) is 0 Å². The Kier molecular flexibility index (Phi) is 4.26. The van der Waals surface area contributed by atoms with Crippen LogP contribution in [0, 0.1) is 0 Å². The van der Waals surface area contributed by atoms with E-state index in [9.17, 15) is 14.4 Å². The van der Waals surface area contributed by atoms with Gasteiger partial charge in [-0.1, -0.05) is 6.07 Å². The highest BCUT2D eigenvalue weighted by atomic mass is 16.2. The number of fused-ring (bicyclic) bond motifs is 2. The number of aromatic nitrogens is 5. The van der Waals surface area contributed by atoms with Crippen molar-refractivity contribution in [1.82, 2.24) is 28.8 Å². The molecule has 1 amide bonds. The predicted octanol–water partition coefficient (Wildman–Crippen LogP) is 0.252. The molecule has 28 heavy (non-hydrogen) atoms. The van der Waals surface area contributed by atoms with E-state index < -0.39 is 11.2 Å². The van der Waals surface area contributed by atoms with Crippen LogP contribution in [0.2, 0.25) is 0 Å². The molecule has 0 atom stereocenters. The third kappa shape index (κ3) is 2.96. The van der Waals surface area contributed by atoms with Gasteiger partial charge in [0, 0.05) is 39.5 Å². The highest BCUT2D eigenvalue weighted by Gasteiger charge is 2.13. The summed E-state index contributed by atoms with van der Waals surface area (Å²) in [5.41, 5.74) is 1.11. The standard InChI is InChI=1S/C19H18N6O3/c1-23-16-13(18(27)24(2)19(23)28)6-7-14(22-16)17(26)20-9-8-12-11-25-10-4-3-5-15(25)21-12/h3-7,10-11H,8-9H2,1-2H3,(H,20,26). The second kappa shape index (κ2) is 6.76. The Balaban J connectivity index is 1.52. The molecule has 9 nitrogen and oxygen atoms in total. The molecule has 4 rings (SSSR count). The Hall–Kier alpha value is -3.75. The van der Waals surface area contributed by atoms with Gasteiger partial charge in [-0.25, -0.2) is 14.8 Å². The number of nitrogens with one attached hydrogen (secondary N) is 1. The third-order valence-corrected chi connectivity index (χ3v) is 4.61. The van der Waals surface area contributed by atoms with E-state index in [1.807, 2.05) is 35.0 Å². The smallest absolute Gasteiger partial charge is 0.332 e. The summed E-state index contributed by atoms with van der Waals surface area (Å²) in [6, 6.07) is 8.75. The van der Waals surface area contributed by atoms with Crippen molar-refractivity contribution in [2.24, 2.45) is 14.1 Å². The van der Waals surface area contributed by atoms with Crippen LogP contribution >= 0.6 is 0 Å². The highest BCUT2D eigenvalue weighted by Crippen LogP contribution is 2.07. The summed E-state index contributed by atoms with van der Waals surface area (Å²) >= 11 is 0. The lowest BCUT2D eigenvalue weighted by Gasteiger charge is -2.08. The second-order valence-electron chi connectivity index (χ2n) is 6.48. The molecule has 0 radical (unpaired) electrons. The SMILES string of the molecule is Cn1c(=O)c2ccc(C(=O)NCCc3cn4ccccc4n3)nc2n(C)c1=O. The van der Waals surface area contributed by atoms with Crippen LogP contribution in [0.5, 0.6) is 0 Å². The molecular weight excluding hydrogens is 360 g/mol. The van der Waals surface area contributed by atoms with Gasteiger partial charge in [0.05, 0.1) is 11.1 Å². The number of amides is 1. The number of hydrogen-bond acceptors (Lipinski definition) is 5. The molecule has 142 valence electrons. The molecule has 1 N–H and O–H groups in total. The first-order chi connectivity index (χ1) is 13.5. The van der Waals surface area contributed by atoms with Gasteiger partial charge in [-0.2, -0.15) is 0 Å². The average molecular weight is 378 g/mol. The lowest BCUT2D eigenvalue weighted by atomic mass is 10.2. The van der Waals surface area contributed by atoms with E-state index in [2.05, 4.69) is 15.3 Å². The summed E-state index contributed by atoms with van der Waals surface area (Å²) in [6.07, 6.45) is 4.40. The molecule has 0 bridgehead atoms. The van der Waals surface area contributed by atoms with Gasteiger partial charge in [0.25, 0.3) is 11.5 Å². The summed E-state index contributed by atoms with van der Waals surface area (Å²) in [4.78, 5) is 45.4. The van der Waals surface area contributed by atoms with Crippen LogP contribution in [0.3, 0.4) is 0 Å². The minimum absolute atomic E-state index is 0.144. The summed E-state index contributed by atoms with van der Waals surface area (Å²) in [6.45, 7) is 0.387. The number of imidazole rings is 1. The Morgan fingerprint density at radius 1 is 1.07 bits per heavy atom. The van der Waals surface area contributed by atoms with Gasteiger partial charge in [-0.3, -0.25) is 18.7 Å². The van der Waals surface area contributed by atoms with Crippen molar-refractivity contribution in [3.05, 3.63) is 75.0 Å². The van der Waals surface area contributed by atoms with E-state index in [1.165, 1.54) is 30.8 Å². The maximum absolute atomic E-state index is 12.4. The van der Waals surface area contributed by atoms with Crippen LogP contribution in [0.4, 0.5) is 0 Å². The van der Waals surface area contributed by atoms with Crippen molar-refractivity contribution in [2.75, 3.05) is 6.54 Å². The van der Waals surface area contributed by atoms with Crippen molar-refractivity contribution in [3.8, 4) is 0 Å². The molecule has 0 saturated carbocycles. The fourth-order valence-electron chi connectivity index (χ4n) is 3.08. The Bertz CT molecular complexity index is 1300. The molecule has 0 fully saturated rings. The van der Waals surface area contributed by atoms with Crippen LogP contribution in [0.1, 0.15) is 16.2 Å². The van der Waals surface area contributed by atoms with Gasteiger partial charge in [0.15, 0.2) is 0 Å². The fraction of sp³-hybridized carbons (Fsp3) is 0.211. The summed E-state index contributed by atoms with van der Waals surface area (Å²) in [7, 11) is 2.92. The normalized spacial score (nSPS) is 11.2. The number of carbonyl (C=O) groups excluding carboxylic acids is 1. The van der Waals surface area contributed by atoms with Crippen LogP contribution in [-0.2, 0) is 20.5 Å². The first-order valence-corrected chi connectivity index (χ1v) is 8.73. The molecule has 0 aromatic carbocycles. The van der Waals surface area contributed by atoms with E-state index in [-0.39, 0.29) is 22.6 Å². The molecule has 0 aliphatic carbocycles. The second-order valence-corrected chi connectivity index (χ2v) is 6.48. The Labute approximate surface area is 158 Å². The molecule has 4 aromatic heterocycles. The van der Waals surface area contributed by atoms with Crippen LogP contribution in [0.25, 0.3) is 16.7 Å². The first-order valence-electron chi connectivity index (χ1n) is 8.73. The number of pyridine rings is 2. The van der Waals surface area contributed by atoms with Gasteiger partial charge in [0.1, 0.15) is 17.0 Å². The number of rotatable bonds is 4. The summed E-state index contributed by atoms with van der Waals surface area (Å²) in [5.74, 6) is -0.376. The zero-order valence-corrected chi connectivity index (χ0v) is 15.4. The Morgan fingerprint density at radius 3 is 2.68 bits per heavy atom. The van der Waals surface area contributed by atoms with E-state index >= 15 is 0 Å². The van der Waals surface area contributed by atoms with Crippen LogP contribution in [-0.4, -0.2) is 36.0 Å². The molecule has 0 saturated heterocycles.